The molecule has 3 rings (SSSR count). The van der Waals surface area contributed by atoms with Crippen molar-refractivity contribution < 1.29 is 19.1 Å². The highest BCUT2D eigenvalue weighted by molar-refractivity contribution is 8.00. The van der Waals surface area contributed by atoms with Crippen LogP contribution in [0.3, 0.4) is 0 Å². The molecule has 1 amide bonds. The summed E-state index contributed by atoms with van der Waals surface area (Å²) in [6.45, 7) is 1.66. The standard InChI is InChI=1S/C23H21NO4S/c1-17-7-5-6-10-21(17)29-16-23(26)27-15-22(25)24-18-11-13-20(14-12-18)28-19-8-3-2-4-9-19/h2-14H,15-16H2,1H3,(H,24,25). The minimum atomic E-state index is -0.431. The van der Waals surface area contributed by atoms with Gasteiger partial charge in [0.15, 0.2) is 6.61 Å². The summed E-state index contributed by atoms with van der Waals surface area (Å²) in [5, 5.41) is 2.69. The van der Waals surface area contributed by atoms with Crippen LogP contribution < -0.4 is 10.1 Å². The van der Waals surface area contributed by atoms with Crippen LogP contribution in [0.15, 0.2) is 83.8 Å². The molecule has 0 unspecified atom stereocenters. The van der Waals surface area contributed by atoms with E-state index < -0.39 is 11.9 Å². The Morgan fingerprint density at radius 1 is 0.862 bits per heavy atom. The lowest BCUT2D eigenvalue weighted by Crippen LogP contribution is -2.21. The molecule has 0 saturated carbocycles. The summed E-state index contributed by atoms with van der Waals surface area (Å²) in [7, 11) is 0. The van der Waals surface area contributed by atoms with Crippen LogP contribution in [0.25, 0.3) is 0 Å². The first kappa shape index (κ1) is 20.5. The third-order valence-corrected chi connectivity index (χ3v) is 5.07. The Kier molecular flexibility index (Phi) is 7.30. The van der Waals surface area contributed by atoms with Gasteiger partial charge in [0, 0.05) is 10.6 Å². The minimum Gasteiger partial charge on any atom is -0.457 e. The lowest BCUT2D eigenvalue weighted by molar-refractivity contribution is -0.144. The molecule has 1 N–H and O–H groups in total. The van der Waals surface area contributed by atoms with Crippen molar-refractivity contribution >= 4 is 29.3 Å². The summed E-state index contributed by atoms with van der Waals surface area (Å²) in [5.41, 5.74) is 1.70. The summed E-state index contributed by atoms with van der Waals surface area (Å²) in [4.78, 5) is 24.9. The second kappa shape index (κ2) is 10.3. The maximum atomic E-state index is 12.0. The number of para-hydroxylation sites is 1. The maximum Gasteiger partial charge on any atom is 0.316 e. The number of esters is 1. The molecule has 0 bridgehead atoms. The number of hydrogen-bond acceptors (Lipinski definition) is 5. The Labute approximate surface area is 174 Å². The van der Waals surface area contributed by atoms with E-state index in [0.29, 0.717) is 11.4 Å². The molecule has 0 aromatic heterocycles. The van der Waals surface area contributed by atoms with Crippen LogP contribution in [-0.4, -0.2) is 24.2 Å². The van der Waals surface area contributed by atoms with E-state index in [-0.39, 0.29) is 12.4 Å². The normalized spacial score (nSPS) is 10.2. The molecule has 3 aromatic rings. The molecule has 0 atom stereocenters. The number of anilines is 1. The van der Waals surface area contributed by atoms with Gasteiger partial charge in [-0.3, -0.25) is 9.59 Å². The smallest absolute Gasteiger partial charge is 0.316 e. The highest BCUT2D eigenvalue weighted by Crippen LogP contribution is 2.23. The van der Waals surface area contributed by atoms with Gasteiger partial charge in [0.25, 0.3) is 5.91 Å². The fourth-order valence-corrected chi connectivity index (χ4v) is 3.30. The van der Waals surface area contributed by atoms with Crippen LogP contribution in [0.4, 0.5) is 5.69 Å². The molecule has 0 heterocycles. The van der Waals surface area contributed by atoms with Gasteiger partial charge in [-0.15, -0.1) is 11.8 Å². The van der Waals surface area contributed by atoms with Crippen LogP contribution in [0.5, 0.6) is 11.5 Å². The first-order valence-electron chi connectivity index (χ1n) is 9.07. The number of aryl methyl sites for hydroxylation is 1. The van der Waals surface area contributed by atoms with Gasteiger partial charge < -0.3 is 14.8 Å². The van der Waals surface area contributed by atoms with Gasteiger partial charge in [0.05, 0.1) is 5.75 Å². The van der Waals surface area contributed by atoms with Crippen LogP contribution in [0, 0.1) is 6.92 Å². The van der Waals surface area contributed by atoms with Crippen molar-refractivity contribution in [3.63, 3.8) is 0 Å². The van der Waals surface area contributed by atoms with Crippen molar-refractivity contribution in [3.8, 4) is 11.5 Å². The Hall–Kier alpha value is -3.25. The van der Waals surface area contributed by atoms with Crippen molar-refractivity contribution in [2.24, 2.45) is 0 Å². The molecule has 5 nitrogen and oxygen atoms in total. The van der Waals surface area contributed by atoms with Gasteiger partial charge in [-0.05, 0) is 55.0 Å². The topological polar surface area (TPSA) is 64.6 Å². The number of thioether (sulfide) groups is 1. The van der Waals surface area contributed by atoms with E-state index >= 15 is 0 Å². The Balaban J connectivity index is 1.41. The lowest BCUT2D eigenvalue weighted by Gasteiger charge is -2.09. The monoisotopic (exact) mass is 407 g/mol. The predicted molar refractivity (Wildman–Crippen MR) is 114 cm³/mol. The number of amides is 1. The van der Waals surface area contributed by atoms with Crippen LogP contribution in [0.2, 0.25) is 0 Å². The van der Waals surface area contributed by atoms with E-state index in [4.69, 9.17) is 9.47 Å². The fraction of sp³-hybridized carbons (Fsp3) is 0.130. The summed E-state index contributed by atoms with van der Waals surface area (Å²) in [6, 6.07) is 24.2. The molecule has 0 radical (unpaired) electrons. The number of carbonyl (C=O) groups excluding carboxylic acids is 2. The molecule has 0 aliphatic rings. The molecule has 29 heavy (non-hydrogen) atoms. The number of nitrogens with one attached hydrogen (secondary N) is 1. The molecule has 148 valence electrons. The second-order valence-electron chi connectivity index (χ2n) is 6.20. The largest absolute Gasteiger partial charge is 0.457 e. The molecule has 0 aliphatic heterocycles. The highest BCUT2D eigenvalue weighted by Gasteiger charge is 2.09. The number of ether oxygens (including phenoxy) is 2. The van der Waals surface area contributed by atoms with Crippen molar-refractivity contribution in [1.82, 2.24) is 0 Å². The Bertz CT molecular complexity index is 958. The molecule has 0 spiro atoms. The van der Waals surface area contributed by atoms with Gasteiger partial charge >= 0.3 is 5.97 Å². The number of hydrogen-bond donors (Lipinski definition) is 1. The number of rotatable bonds is 8. The van der Waals surface area contributed by atoms with Crippen molar-refractivity contribution in [2.75, 3.05) is 17.7 Å². The minimum absolute atomic E-state index is 0.156. The van der Waals surface area contributed by atoms with Crippen LogP contribution in [-0.2, 0) is 14.3 Å². The molecular formula is C23H21NO4S. The second-order valence-corrected chi connectivity index (χ2v) is 7.22. The first-order chi connectivity index (χ1) is 14.1. The van der Waals surface area contributed by atoms with E-state index in [1.54, 1.807) is 24.3 Å². The third-order valence-electron chi connectivity index (χ3n) is 3.92. The molecule has 0 aliphatic carbocycles. The van der Waals surface area contributed by atoms with Crippen molar-refractivity contribution in [3.05, 3.63) is 84.4 Å². The Morgan fingerprint density at radius 2 is 1.52 bits per heavy atom. The summed E-state index contributed by atoms with van der Waals surface area (Å²) < 4.78 is 10.7. The Morgan fingerprint density at radius 3 is 2.24 bits per heavy atom. The molecule has 3 aromatic carbocycles. The van der Waals surface area contributed by atoms with Gasteiger partial charge in [0.1, 0.15) is 11.5 Å². The van der Waals surface area contributed by atoms with Gasteiger partial charge in [-0.25, -0.2) is 0 Å². The zero-order chi connectivity index (χ0) is 20.5. The van der Waals surface area contributed by atoms with E-state index in [0.717, 1.165) is 16.2 Å². The zero-order valence-corrected chi connectivity index (χ0v) is 16.8. The third kappa shape index (κ3) is 6.69. The number of carbonyl (C=O) groups is 2. The van der Waals surface area contributed by atoms with Crippen LogP contribution >= 0.6 is 11.8 Å². The fourth-order valence-electron chi connectivity index (χ4n) is 2.47. The van der Waals surface area contributed by atoms with E-state index in [9.17, 15) is 9.59 Å². The first-order valence-corrected chi connectivity index (χ1v) is 10.1. The van der Waals surface area contributed by atoms with Gasteiger partial charge in [-0.1, -0.05) is 36.4 Å². The SMILES string of the molecule is Cc1ccccc1SCC(=O)OCC(=O)Nc1ccc(Oc2ccccc2)cc1. The quantitative estimate of drug-likeness (QED) is 0.418. The average molecular weight is 407 g/mol. The van der Waals surface area contributed by atoms with Gasteiger partial charge in [0.2, 0.25) is 0 Å². The summed E-state index contributed by atoms with van der Waals surface area (Å²) in [5.74, 6) is 0.730. The molecule has 0 saturated heterocycles. The van der Waals surface area contributed by atoms with E-state index in [1.807, 2.05) is 61.5 Å². The average Bonchev–Trinajstić information content (AvgIpc) is 2.74. The number of benzene rings is 3. The van der Waals surface area contributed by atoms with E-state index in [1.165, 1.54) is 11.8 Å². The summed E-state index contributed by atoms with van der Waals surface area (Å²) in [6.07, 6.45) is 0. The van der Waals surface area contributed by atoms with Gasteiger partial charge in [-0.2, -0.15) is 0 Å². The van der Waals surface area contributed by atoms with E-state index in [2.05, 4.69) is 5.32 Å². The molecule has 0 fully saturated rings. The highest BCUT2D eigenvalue weighted by atomic mass is 32.2. The van der Waals surface area contributed by atoms with Crippen molar-refractivity contribution in [1.29, 1.82) is 0 Å². The molecular weight excluding hydrogens is 386 g/mol. The van der Waals surface area contributed by atoms with Crippen LogP contribution in [0.1, 0.15) is 5.56 Å². The molecule has 6 heteroatoms. The zero-order valence-electron chi connectivity index (χ0n) is 16.0. The maximum absolute atomic E-state index is 12.0. The summed E-state index contributed by atoms with van der Waals surface area (Å²) >= 11 is 1.39. The predicted octanol–water partition coefficient (Wildman–Crippen LogP) is 5.06. The lowest BCUT2D eigenvalue weighted by atomic mass is 10.2. The van der Waals surface area contributed by atoms with Crippen molar-refractivity contribution in [2.45, 2.75) is 11.8 Å².